The highest BCUT2D eigenvalue weighted by Crippen LogP contribution is 2.27. The highest BCUT2D eigenvalue weighted by atomic mass is 35.5. The molecule has 1 aromatic carbocycles. The first-order valence-corrected chi connectivity index (χ1v) is 4.14. The Morgan fingerprint density at radius 2 is 1.60 bits per heavy atom. The van der Waals surface area contributed by atoms with E-state index in [1.165, 1.54) is 12.1 Å². The second-order valence-corrected chi connectivity index (χ2v) is 2.89. The molecule has 0 aliphatic heterocycles. The largest absolute Gasteiger partial charge is 0.206 e. The number of nitrogens with zero attached hydrogens (tertiary/aromatic N) is 2. The van der Waals surface area contributed by atoms with Crippen molar-refractivity contribution in [3.63, 3.8) is 0 Å². The van der Waals surface area contributed by atoms with Crippen LogP contribution in [0.4, 0.5) is 8.78 Å². The molecule has 74 valence electrons. The van der Waals surface area contributed by atoms with Crippen LogP contribution in [0.2, 0.25) is 0 Å². The van der Waals surface area contributed by atoms with Crippen molar-refractivity contribution in [2.75, 3.05) is 0 Å². The first-order chi connectivity index (χ1) is 7.11. The summed E-state index contributed by atoms with van der Waals surface area (Å²) in [6.45, 7) is 0. The number of hydrogen-bond donors (Lipinski definition) is 0. The Morgan fingerprint density at radius 1 is 1.13 bits per heavy atom. The summed E-state index contributed by atoms with van der Waals surface area (Å²) in [6.07, 6.45) is 0. The molecule has 0 aliphatic rings. The molecule has 0 bridgehead atoms. The lowest BCUT2D eigenvalue weighted by atomic mass is 10.1. The summed E-state index contributed by atoms with van der Waals surface area (Å²) in [5, 5.41) is 16.4. The van der Waals surface area contributed by atoms with Crippen molar-refractivity contribution in [1.29, 1.82) is 10.5 Å². The normalized spacial score (nSPS) is 8.87. The lowest BCUT2D eigenvalue weighted by molar-refractivity contribution is 0.578. The van der Waals surface area contributed by atoms with Crippen molar-refractivity contribution >= 4 is 16.6 Å². The number of hydrogen-bond acceptors (Lipinski definition) is 2. The third kappa shape index (κ3) is 2.12. The van der Waals surface area contributed by atoms with Crippen molar-refractivity contribution in [3.8, 4) is 12.1 Å². The molecule has 0 spiro atoms. The molecule has 2 nitrogen and oxygen atoms in total. The Hall–Kier alpha value is -1.91. The van der Waals surface area contributed by atoms with Crippen LogP contribution >= 0.6 is 11.6 Å². The van der Waals surface area contributed by atoms with Gasteiger partial charge in [0.05, 0.1) is 10.6 Å². The zero-order valence-electron chi connectivity index (χ0n) is 7.26. The van der Waals surface area contributed by atoms with Gasteiger partial charge in [0.15, 0.2) is 0 Å². The molecule has 0 saturated carbocycles. The molecular weight excluding hydrogens is 222 g/mol. The molecule has 0 N–H and O–H groups in total. The third-order valence-electron chi connectivity index (χ3n) is 1.63. The molecule has 0 saturated heterocycles. The van der Waals surface area contributed by atoms with Gasteiger partial charge < -0.3 is 0 Å². The second-order valence-electron chi connectivity index (χ2n) is 2.51. The van der Waals surface area contributed by atoms with E-state index in [2.05, 4.69) is 0 Å². The van der Waals surface area contributed by atoms with Crippen molar-refractivity contribution in [2.45, 2.75) is 0 Å². The minimum atomic E-state index is -0.914. The van der Waals surface area contributed by atoms with Crippen LogP contribution in [0.5, 0.6) is 0 Å². The molecule has 0 unspecified atom stereocenters. The number of rotatable bonds is 1. The van der Waals surface area contributed by atoms with Gasteiger partial charge in [-0.15, -0.1) is 0 Å². The molecule has 0 aromatic heterocycles. The van der Waals surface area contributed by atoms with Gasteiger partial charge >= 0.3 is 0 Å². The SMILES string of the molecule is N#CC(C#N)=C(Cl)c1c(F)cccc1F. The third-order valence-corrected chi connectivity index (χ3v) is 2.00. The second kappa shape index (κ2) is 4.54. The van der Waals surface area contributed by atoms with Crippen LogP contribution in [0.1, 0.15) is 5.56 Å². The van der Waals surface area contributed by atoms with E-state index in [0.29, 0.717) is 0 Å². The Labute approximate surface area is 89.6 Å². The summed E-state index contributed by atoms with van der Waals surface area (Å²) in [4.78, 5) is 0. The maximum atomic E-state index is 13.2. The van der Waals surface area contributed by atoms with Crippen LogP contribution in [0, 0.1) is 34.3 Å². The zero-order chi connectivity index (χ0) is 11.4. The maximum Gasteiger partial charge on any atom is 0.149 e. The smallest absolute Gasteiger partial charge is 0.149 e. The van der Waals surface area contributed by atoms with Crippen LogP contribution < -0.4 is 0 Å². The van der Waals surface area contributed by atoms with E-state index in [1.807, 2.05) is 0 Å². The summed E-state index contributed by atoms with van der Waals surface area (Å²) in [5.41, 5.74) is -1.09. The van der Waals surface area contributed by atoms with Gasteiger partial charge in [0.2, 0.25) is 0 Å². The fraction of sp³-hybridized carbons (Fsp3) is 0. The van der Waals surface area contributed by atoms with Crippen LogP contribution in [0.3, 0.4) is 0 Å². The molecule has 0 aliphatic carbocycles. The highest BCUT2D eigenvalue weighted by Gasteiger charge is 2.15. The van der Waals surface area contributed by atoms with Gasteiger partial charge in [0, 0.05) is 0 Å². The molecule has 5 heteroatoms. The highest BCUT2D eigenvalue weighted by molar-refractivity contribution is 6.50. The summed E-state index contributed by atoms with van der Waals surface area (Å²) in [6, 6.07) is 6.07. The van der Waals surface area contributed by atoms with E-state index in [-0.39, 0.29) is 0 Å². The Bertz CT molecular complexity index is 473. The van der Waals surface area contributed by atoms with E-state index in [9.17, 15) is 8.78 Å². The number of halogens is 3. The predicted molar refractivity (Wildman–Crippen MR) is 50.4 cm³/mol. The van der Waals surface area contributed by atoms with Crippen LogP contribution in [-0.2, 0) is 0 Å². The summed E-state index contributed by atoms with van der Waals surface area (Å²) in [5.74, 6) is -1.83. The van der Waals surface area contributed by atoms with Gasteiger partial charge in [-0.1, -0.05) is 17.7 Å². The van der Waals surface area contributed by atoms with Crippen molar-refractivity contribution in [2.24, 2.45) is 0 Å². The Balaban J connectivity index is 3.50. The first kappa shape index (κ1) is 11.2. The average molecular weight is 225 g/mol. The van der Waals surface area contributed by atoms with E-state index in [4.69, 9.17) is 22.1 Å². The molecule has 0 atom stereocenters. The first-order valence-electron chi connectivity index (χ1n) is 3.76. The van der Waals surface area contributed by atoms with Crippen LogP contribution in [0.25, 0.3) is 5.03 Å². The molecule has 0 fully saturated rings. The topological polar surface area (TPSA) is 47.6 Å². The summed E-state index contributed by atoms with van der Waals surface area (Å²) >= 11 is 5.54. The molecule has 15 heavy (non-hydrogen) atoms. The lowest BCUT2D eigenvalue weighted by Crippen LogP contribution is -1.93. The molecule has 1 aromatic rings. The van der Waals surface area contributed by atoms with Crippen LogP contribution in [0.15, 0.2) is 23.8 Å². The van der Waals surface area contributed by atoms with Gasteiger partial charge in [-0.05, 0) is 12.1 Å². The number of nitriles is 2. The van der Waals surface area contributed by atoms with Crippen LogP contribution in [-0.4, -0.2) is 0 Å². The Morgan fingerprint density at radius 3 is 2.00 bits per heavy atom. The molecular formula is C10H3ClF2N2. The van der Waals surface area contributed by atoms with E-state index < -0.39 is 27.8 Å². The minimum absolute atomic E-state index is 0.518. The lowest BCUT2D eigenvalue weighted by Gasteiger charge is -2.02. The molecule has 1 rings (SSSR count). The van der Waals surface area contributed by atoms with E-state index >= 15 is 0 Å². The summed E-state index contributed by atoms with van der Waals surface area (Å²) in [7, 11) is 0. The van der Waals surface area contributed by atoms with E-state index in [0.717, 1.165) is 18.2 Å². The standard InChI is InChI=1S/C10H3ClF2N2/c11-10(6(4-14)5-15)9-7(12)2-1-3-8(9)13/h1-3H. The van der Waals surface area contributed by atoms with Gasteiger partial charge in [-0.2, -0.15) is 10.5 Å². The van der Waals surface area contributed by atoms with Gasteiger partial charge in [-0.3, -0.25) is 0 Å². The Kier molecular flexibility index (Phi) is 3.38. The monoisotopic (exact) mass is 224 g/mol. The van der Waals surface area contributed by atoms with E-state index in [1.54, 1.807) is 0 Å². The van der Waals surface area contributed by atoms with Crippen molar-refractivity contribution < 1.29 is 8.78 Å². The number of benzene rings is 1. The number of allylic oxidation sites excluding steroid dienone is 1. The van der Waals surface area contributed by atoms with Crippen molar-refractivity contribution in [1.82, 2.24) is 0 Å². The minimum Gasteiger partial charge on any atom is -0.206 e. The van der Waals surface area contributed by atoms with Crippen molar-refractivity contribution in [3.05, 3.63) is 41.0 Å². The van der Waals surface area contributed by atoms with Gasteiger partial charge in [0.25, 0.3) is 0 Å². The summed E-state index contributed by atoms with van der Waals surface area (Å²) < 4.78 is 26.3. The predicted octanol–water partition coefficient (Wildman–Crippen LogP) is 2.96. The van der Waals surface area contributed by atoms with Gasteiger partial charge in [0.1, 0.15) is 29.3 Å². The zero-order valence-corrected chi connectivity index (χ0v) is 8.02. The molecule has 0 radical (unpaired) electrons. The fourth-order valence-corrected chi connectivity index (χ4v) is 1.22. The average Bonchev–Trinajstić information content (AvgIpc) is 2.19. The molecule has 0 heterocycles. The van der Waals surface area contributed by atoms with Gasteiger partial charge in [-0.25, -0.2) is 8.78 Å². The fourth-order valence-electron chi connectivity index (χ4n) is 0.956. The molecule has 0 amide bonds. The quantitative estimate of drug-likeness (QED) is 0.689. The maximum absolute atomic E-state index is 13.2.